The SMILES string of the molecule is O=C(CC1CC2CCC1C2)CC12CC3CC(CC(C3)C1)C2. The van der Waals surface area contributed by atoms with Crippen LogP contribution in [0.3, 0.4) is 0 Å². The minimum absolute atomic E-state index is 0.476. The Kier molecular flexibility index (Phi) is 2.87. The van der Waals surface area contributed by atoms with Crippen LogP contribution in [-0.2, 0) is 4.79 Å². The predicted molar refractivity (Wildman–Crippen MR) is 83.8 cm³/mol. The fourth-order valence-electron chi connectivity index (χ4n) is 7.92. The number of ketones is 1. The van der Waals surface area contributed by atoms with Crippen LogP contribution in [0.1, 0.15) is 77.0 Å². The van der Waals surface area contributed by atoms with Gasteiger partial charge in [0.15, 0.2) is 0 Å². The van der Waals surface area contributed by atoms with Gasteiger partial charge in [0.25, 0.3) is 0 Å². The van der Waals surface area contributed by atoms with E-state index in [1.54, 1.807) is 0 Å². The Morgan fingerprint density at radius 3 is 2.00 bits per heavy atom. The lowest BCUT2D eigenvalue weighted by molar-refractivity contribution is -0.128. The maximum absolute atomic E-state index is 12.8. The molecule has 6 rings (SSSR count). The maximum Gasteiger partial charge on any atom is 0.133 e. The zero-order valence-electron chi connectivity index (χ0n) is 13.4. The molecular weight excluding hydrogens is 256 g/mol. The van der Waals surface area contributed by atoms with Crippen LogP contribution in [0.4, 0.5) is 0 Å². The molecule has 0 saturated heterocycles. The molecule has 0 amide bonds. The second-order valence-corrected chi connectivity index (χ2v) is 9.77. The summed E-state index contributed by atoms with van der Waals surface area (Å²) in [4.78, 5) is 12.8. The molecule has 6 fully saturated rings. The molecule has 1 nitrogen and oxygen atoms in total. The van der Waals surface area contributed by atoms with Crippen molar-refractivity contribution < 1.29 is 4.79 Å². The lowest BCUT2D eigenvalue weighted by Crippen LogP contribution is -2.47. The fourth-order valence-corrected chi connectivity index (χ4v) is 7.92. The van der Waals surface area contributed by atoms with Gasteiger partial charge in [-0.1, -0.05) is 6.42 Å². The van der Waals surface area contributed by atoms with E-state index in [0.29, 0.717) is 11.2 Å². The number of carbonyl (C=O) groups excluding carboxylic acids is 1. The quantitative estimate of drug-likeness (QED) is 0.711. The van der Waals surface area contributed by atoms with E-state index in [9.17, 15) is 4.79 Å². The normalized spacial score (nSPS) is 53.5. The van der Waals surface area contributed by atoms with Gasteiger partial charge in [0, 0.05) is 12.8 Å². The molecule has 3 atom stereocenters. The molecule has 116 valence electrons. The topological polar surface area (TPSA) is 17.1 Å². The van der Waals surface area contributed by atoms with Crippen LogP contribution in [0.5, 0.6) is 0 Å². The molecular formula is C20H30O. The Bertz CT molecular complexity index is 415. The number of fused-ring (bicyclic) bond motifs is 2. The Morgan fingerprint density at radius 1 is 0.810 bits per heavy atom. The molecule has 0 aromatic carbocycles. The third-order valence-electron chi connectivity index (χ3n) is 8.11. The average molecular weight is 286 g/mol. The second-order valence-electron chi connectivity index (χ2n) is 9.77. The number of hydrogen-bond acceptors (Lipinski definition) is 1. The molecule has 0 spiro atoms. The van der Waals surface area contributed by atoms with E-state index < -0.39 is 0 Å². The molecule has 0 heterocycles. The molecule has 6 bridgehead atoms. The van der Waals surface area contributed by atoms with Crippen molar-refractivity contribution in [3.05, 3.63) is 0 Å². The van der Waals surface area contributed by atoms with Crippen LogP contribution in [0, 0.1) is 40.9 Å². The van der Waals surface area contributed by atoms with Crippen LogP contribution in [0.2, 0.25) is 0 Å². The monoisotopic (exact) mass is 286 g/mol. The summed E-state index contributed by atoms with van der Waals surface area (Å²) < 4.78 is 0. The van der Waals surface area contributed by atoms with Gasteiger partial charge in [0.2, 0.25) is 0 Å². The highest BCUT2D eigenvalue weighted by Gasteiger charge is 2.51. The number of rotatable bonds is 4. The molecule has 0 aromatic heterocycles. The number of Topliss-reactive ketones (excluding diaryl/α,β-unsaturated/α-hetero) is 1. The van der Waals surface area contributed by atoms with E-state index in [0.717, 1.165) is 48.3 Å². The standard InChI is InChI=1S/C20H30O/c21-19(8-18-7-13-1-2-17(18)6-13)12-20-9-14-3-15(10-20)5-16(4-14)11-20/h13-18H,1-12H2. The molecule has 6 saturated carbocycles. The molecule has 0 radical (unpaired) electrons. The van der Waals surface area contributed by atoms with Crippen LogP contribution >= 0.6 is 0 Å². The summed E-state index contributed by atoms with van der Waals surface area (Å²) in [5, 5.41) is 0. The highest BCUT2D eigenvalue weighted by Crippen LogP contribution is 2.61. The van der Waals surface area contributed by atoms with Crippen LogP contribution in [0.25, 0.3) is 0 Å². The van der Waals surface area contributed by atoms with Crippen molar-refractivity contribution >= 4 is 5.78 Å². The highest BCUT2D eigenvalue weighted by atomic mass is 16.1. The van der Waals surface area contributed by atoms with E-state index in [4.69, 9.17) is 0 Å². The third kappa shape index (κ3) is 2.21. The first-order valence-corrected chi connectivity index (χ1v) is 9.69. The van der Waals surface area contributed by atoms with Gasteiger partial charge in [-0.25, -0.2) is 0 Å². The van der Waals surface area contributed by atoms with E-state index >= 15 is 0 Å². The van der Waals surface area contributed by atoms with Gasteiger partial charge < -0.3 is 0 Å². The van der Waals surface area contributed by atoms with Crippen LogP contribution in [0.15, 0.2) is 0 Å². The lowest BCUT2D eigenvalue weighted by Gasteiger charge is -2.56. The summed E-state index contributed by atoms with van der Waals surface area (Å²) in [6, 6.07) is 0. The minimum atomic E-state index is 0.476. The van der Waals surface area contributed by atoms with E-state index in [2.05, 4.69) is 0 Å². The smallest absolute Gasteiger partial charge is 0.133 e. The molecule has 0 aromatic rings. The number of hydrogen-bond donors (Lipinski definition) is 0. The van der Waals surface area contributed by atoms with Gasteiger partial charge >= 0.3 is 0 Å². The summed E-state index contributed by atoms with van der Waals surface area (Å²) in [5.41, 5.74) is 0.476. The molecule has 3 unspecified atom stereocenters. The van der Waals surface area contributed by atoms with Gasteiger partial charge in [0.1, 0.15) is 5.78 Å². The largest absolute Gasteiger partial charge is 0.300 e. The van der Waals surface area contributed by atoms with Crippen molar-refractivity contribution in [2.24, 2.45) is 40.9 Å². The average Bonchev–Trinajstić information content (AvgIpc) is 2.98. The van der Waals surface area contributed by atoms with E-state index in [-0.39, 0.29) is 0 Å². The highest BCUT2D eigenvalue weighted by molar-refractivity contribution is 5.79. The molecule has 6 aliphatic rings. The summed E-state index contributed by atoms with van der Waals surface area (Å²) in [5.74, 6) is 6.33. The van der Waals surface area contributed by atoms with Crippen LogP contribution < -0.4 is 0 Å². The van der Waals surface area contributed by atoms with Gasteiger partial charge in [-0.3, -0.25) is 4.79 Å². The Hall–Kier alpha value is -0.330. The molecule has 0 aliphatic heterocycles. The van der Waals surface area contributed by atoms with Crippen molar-refractivity contribution in [1.82, 2.24) is 0 Å². The van der Waals surface area contributed by atoms with Gasteiger partial charge in [-0.15, -0.1) is 0 Å². The van der Waals surface area contributed by atoms with Crippen molar-refractivity contribution in [1.29, 1.82) is 0 Å². The minimum Gasteiger partial charge on any atom is -0.300 e. The van der Waals surface area contributed by atoms with Crippen molar-refractivity contribution in [2.75, 3.05) is 0 Å². The lowest BCUT2D eigenvalue weighted by atomic mass is 9.48. The first-order chi connectivity index (χ1) is 10.2. The summed E-state index contributed by atoms with van der Waals surface area (Å²) in [7, 11) is 0. The van der Waals surface area contributed by atoms with Crippen LogP contribution in [-0.4, -0.2) is 5.78 Å². The fraction of sp³-hybridized carbons (Fsp3) is 0.950. The zero-order valence-corrected chi connectivity index (χ0v) is 13.4. The van der Waals surface area contributed by atoms with Gasteiger partial charge in [0.05, 0.1) is 0 Å². The first-order valence-electron chi connectivity index (χ1n) is 9.69. The second kappa shape index (κ2) is 4.59. The Morgan fingerprint density at radius 2 is 1.48 bits per heavy atom. The van der Waals surface area contributed by atoms with Gasteiger partial charge in [-0.05, 0) is 98.7 Å². The first kappa shape index (κ1) is 13.1. The molecule has 6 aliphatic carbocycles. The Balaban J connectivity index is 1.24. The van der Waals surface area contributed by atoms with E-state index in [1.807, 2.05) is 0 Å². The molecule has 1 heteroatoms. The van der Waals surface area contributed by atoms with Crippen molar-refractivity contribution in [3.8, 4) is 0 Å². The van der Waals surface area contributed by atoms with Gasteiger partial charge in [-0.2, -0.15) is 0 Å². The van der Waals surface area contributed by atoms with Crippen molar-refractivity contribution in [2.45, 2.75) is 77.0 Å². The number of carbonyl (C=O) groups is 1. The summed E-state index contributed by atoms with van der Waals surface area (Å²) in [6.45, 7) is 0. The predicted octanol–water partition coefficient (Wildman–Crippen LogP) is 4.99. The summed E-state index contributed by atoms with van der Waals surface area (Å²) in [6.07, 6.45) is 16.4. The van der Waals surface area contributed by atoms with E-state index in [1.165, 1.54) is 64.2 Å². The third-order valence-corrected chi connectivity index (χ3v) is 8.11. The summed E-state index contributed by atoms with van der Waals surface area (Å²) >= 11 is 0. The van der Waals surface area contributed by atoms with Crippen molar-refractivity contribution in [3.63, 3.8) is 0 Å². The maximum atomic E-state index is 12.8. The molecule has 21 heavy (non-hydrogen) atoms. The zero-order chi connectivity index (χ0) is 14.0. The molecule has 0 N–H and O–H groups in total. The Labute approximate surface area is 129 Å².